The zero-order chi connectivity index (χ0) is 15.4. The van der Waals surface area contributed by atoms with E-state index in [1.54, 1.807) is 12.1 Å². The smallest absolute Gasteiger partial charge is 0.337 e. The number of rotatable bonds is 3. The highest BCUT2D eigenvalue weighted by Crippen LogP contribution is 2.17. The maximum Gasteiger partial charge on any atom is 0.337 e. The Balaban J connectivity index is 2.16. The van der Waals surface area contributed by atoms with Crippen LogP contribution in [0, 0.1) is 5.82 Å². The van der Waals surface area contributed by atoms with Crippen LogP contribution in [0.4, 0.5) is 15.8 Å². The first-order valence-electron chi connectivity index (χ1n) is 6.06. The number of esters is 1. The van der Waals surface area contributed by atoms with Crippen LogP contribution >= 0.6 is 0 Å². The maximum atomic E-state index is 13.1. The van der Waals surface area contributed by atoms with E-state index in [4.69, 9.17) is 5.73 Å². The van der Waals surface area contributed by atoms with E-state index >= 15 is 0 Å². The summed E-state index contributed by atoms with van der Waals surface area (Å²) in [5.74, 6) is -1.55. The van der Waals surface area contributed by atoms with Gasteiger partial charge >= 0.3 is 5.97 Å². The van der Waals surface area contributed by atoms with Crippen molar-refractivity contribution in [2.75, 3.05) is 18.2 Å². The largest absolute Gasteiger partial charge is 0.465 e. The minimum atomic E-state index is -0.546. The van der Waals surface area contributed by atoms with Crippen LogP contribution in [-0.2, 0) is 4.74 Å². The lowest BCUT2D eigenvalue weighted by Gasteiger charge is -2.08. The highest BCUT2D eigenvalue weighted by atomic mass is 19.1. The second kappa shape index (κ2) is 6.04. The first-order chi connectivity index (χ1) is 10.0. The molecule has 0 saturated carbocycles. The molecule has 0 atom stereocenters. The Morgan fingerprint density at radius 3 is 2.43 bits per heavy atom. The lowest BCUT2D eigenvalue weighted by atomic mass is 10.1. The molecule has 6 heteroatoms. The number of methoxy groups -OCH3 is 1. The molecule has 0 heterocycles. The fourth-order valence-electron chi connectivity index (χ4n) is 1.73. The van der Waals surface area contributed by atoms with Gasteiger partial charge in [0.05, 0.1) is 18.2 Å². The van der Waals surface area contributed by atoms with Crippen molar-refractivity contribution in [2.45, 2.75) is 0 Å². The molecule has 5 nitrogen and oxygen atoms in total. The van der Waals surface area contributed by atoms with Gasteiger partial charge in [-0.25, -0.2) is 9.18 Å². The first kappa shape index (κ1) is 14.5. The molecule has 1 amide bonds. The quantitative estimate of drug-likeness (QED) is 0.671. The van der Waals surface area contributed by atoms with Gasteiger partial charge in [0.2, 0.25) is 0 Å². The second-order valence-corrected chi connectivity index (χ2v) is 4.25. The number of carbonyl (C=O) groups excluding carboxylic acids is 2. The van der Waals surface area contributed by atoms with Gasteiger partial charge < -0.3 is 15.8 Å². The van der Waals surface area contributed by atoms with Gasteiger partial charge in [-0.15, -0.1) is 0 Å². The van der Waals surface area contributed by atoms with Crippen LogP contribution in [0.15, 0.2) is 42.5 Å². The second-order valence-electron chi connectivity index (χ2n) is 4.25. The Morgan fingerprint density at radius 1 is 1.14 bits per heavy atom. The SMILES string of the molecule is COC(=O)c1ccc(NC(=O)c2cc(F)ccc2N)cc1. The summed E-state index contributed by atoms with van der Waals surface area (Å²) in [5.41, 5.74) is 6.68. The summed E-state index contributed by atoms with van der Waals surface area (Å²) in [7, 11) is 1.28. The molecule has 0 aromatic heterocycles. The maximum absolute atomic E-state index is 13.1. The van der Waals surface area contributed by atoms with Crippen LogP contribution in [0.5, 0.6) is 0 Å². The Labute approximate surface area is 120 Å². The van der Waals surface area contributed by atoms with Crippen molar-refractivity contribution >= 4 is 23.3 Å². The predicted molar refractivity (Wildman–Crippen MR) is 76.5 cm³/mol. The molecule has 21 heavy (non-hydrogen) atoms. The van der Waals surface area contributed by atoms with Crippen LogP contribution in [0.25, 0.3) is 0 Å². The Morgan fingerprint density at radius 2 is 1.81 bits per heavy atom. The number of halogens is 1. The molecular formula is C15H13FN2O3. The molecule has 0 fully saturated rings. The summed E-state index contributed by atoms with van der Waals surface area (Å²) >= 11 is 0. The summed E-state index contributed by atoms with van der Waals surface area (Å²) in [4.78, 5) is 23.3. The van der Waals surface area contributed by atoms with E-state index in [9.17, 15) is 14.0 Å². The minimum Gasteiger partial charge on any atom is -0.465 e. The molecule has 108 valence electrons. The molecule has 2 aromatic carbocycles. The van der Waals surface area contributed by atoms with E-state index in [1.807, 2.05) is 0 Å². The Bertz CT molecular complexity index is 684. The van der Waals surface area contributed by atoms with Gasteiger partial charge in [0.1, 0.15) is 5.82 Å². The molecule has 0 unspecified atom stereocenters. The summed E-state index contributed by atoms with van der Waals surface area (Å²) in [5, 5.41) is 2.57. The van der Waals surface area contributed by atoms with Gasteiger partial charge in [0, 0.05) is 11.4 Å². The normalized spacial score (nSPS) is 10.0. The highest BCUT2D eigenvalue weighted by molar-refractivity contribution is 6.07. The molecule has 2 aromatic rings. The average Bonchev–Trinajstić information content (AvgIpc) is 2.49. The fourth-order valence-corrected chi connectivity index (χ4v) is 1.73. The zero-order valence-electron chi connectivity index (χ0n) is 11.2. The molecule has 0 aliphatic carbocycles. The van der Waals surface area contributed by atoms with Crippen molar-refractivity contribution in [1.82, 2.24) is 0 Å². The number of hydrogen-bond donors (Lipinski definition) is 2. The zero-order valence-corrected chi connectivity index (χ0v) is 11.2. The number of amides is 1. The molecular weight excluding hydrogens is 275 g/mol. The van der Waals surface area contributed by atoms with Crippen molar-refractivity contribution in [1.29, 1.82) is 0 Å². The van der Waals surface area contributed by atoms with Gasteiger partial charge in [0.15, 0.2) is 0 Å². The minimum absolute atomic E-state index is 0.0482. The van der Waals surface area contributed by atoms with Crippen molar-refractivity contribution in [2.24, 2.45) is 0 Å². The van der Waals surface area contributed by atoms with E-state index in [0.717, 1.165) is 6.07 Å². The molecule has 0 aliphatic rings. The third kappa shape index (κ3) is 3.36. The molecule has 0 bridgehead atoms. The number of anilines is 2. The van der Waals surface area contributed by atoms with E-state index < -0.39 is 17.7 Å². The number of nitrogen functional groups attached to an aromatic ring is 1. The van der Waals surface area contributed by atoms with E-state index in [0.29, 0.717) is 11.3 Å². The highest BCUT2D eigenvalue weighted by Gasteiger charge is 2.12. The van der Waals surface area contributed by atoms with Gasteiger partial charge in [-0.3, -0.25) is 4.79 Å². The number of nitrogens with two attached hydrogens (primary N) is 1. The molecule has 3 N–H and O–H groups in total. The Kier molecular flexibility index (Phi) is 4.18. The summed E-state index contributed by atoms with van der Waals surface area (Å²) < 4.78 is 17.7. The molecule has 0 spiro atoms. The molecule has 2 rings (SSSR count). The van der Waals surface area contributed by atoms with Crippen LogP contribution < -0.4 is 11.1 Å². The topological polar surface area (TPSA) is 81.4 Å². The molecule has 0 radical (unpaired) electrons. The summed E-state index contributed by atoms with van der Waals surface area (Å²) in [6, 6.07) is 9.67. The third-order valence-corrected chi connectivity index (χ3v) is 2.82. The summed E-state index contributed by atoms with van der Waals surface area (Å²) in [6.07, 6.45) is 0. The van der Waals surface area contributed by atoms with Crippen molar-refractivity contribution in [3.05, 3.63) is 59.4 Å². The third-order valence-electron chi connectivity index (χ3n) is 2.82. The molecule has 0 saturated heterocycles. The molecule has 0 aliphatic heterocycles. The lowest BCUT2D eigenvalue weighted by molar-refractivity contribution is 0.0600. The number of carbonyl (C=O) groups is 2. The van der Waals surface area contributed by atoms with Crippen molar-refractivity contribution in [3.63, 3.8) is 0 Å². The van der Waals surface area contributed by atoms with E-state index in [1.165, 1.54) is 31.4 Å². The van der Waals surface area contributed by atoms with Gasteiger partial charge in [-0.1, -0.05) is 0 Å². The van der Waals surface area contributed by atoms with Gasteiger partial charge in [0.25, 0.3) is 5.91 Å². The Hall–Kier alpha value is -2.89. The van der Waals surface area contributed by atoms with Crippen molar-refractivity contribution in [3.8, 4) is 0 Å². The monoisotopic (exact) mass is 288 g/mol. The van der Waals surface area contributed by atoms with Gasteiger partial charge in [-0.2, -0.15) is 0 Å². The van der Waals surface area contributed by atoms with Crippen LogP contribution in [0.3, 0.4) is 0 Å². The average molecular weight is 288 g/mol. The van der Waals surface area contributed by atoms with Crippen molar-refractivity contribution < 1.29 is 18.7 Å². The van der Waals surface area contributed by atoms with Crippen LogP contribution in [0.2, 0.25) is 0 Å². The lowest BCUT2D eigenvalue weighted by Crippen LogP contribution is -2.14. The predicted octanol–water partition coefficient (Wildman–Crippen LogP) is 2.45. The number of hydrogen-bond acceptors (Lipinski definition) is 4. The number of ether oxygens (including phenoxy) is 1. The van der Waals surface area contributed by atoms with Crippen LogP contribution in [0.1, 0.15) is 20.7 Å². The number of nitrogens with one attached hydrogen (secondary N) is 1. The van der Waals surface area contributed by atoms with Gasteiger partial charge in [-0.05, 0) is 42.5 Å². The van der Waals surface area contributed by atoms with E-state index in [-0.39, 0.29) is 11.3 Å². The number of benzene rings is 2. The summed E-state index contributed by atoms with van der Waals surface area (Å²) in [6.45, 7) is 0. The fraction of sp³-hybridized carbons (Fsp3) is 0.0667. The standard InChI is InChI=1S/C15H13FN2O3/c1-21-15(20)9-2-5-11(6-3-9)18-14(19)12-8-10(16)4-7-13(12)17/h2-8H,17H2,1H3,(H,18,19). The van der Waals surface area contributed by atoms with Crippen LogP contribution in [-0.4, -0.2) is 19.0 Å². The first-order valence-corrected chi connectivity index (χ1v) is 6.06. The van der Waals surface area contributed by atoms with E-state index in [2.05, 4.69) is 10.1 Å².